The third-order valence-electron chi connectivity index (χ3n) is 4.63. The summed E-state index contributed by atoms with van der Waals surface area (Å²) < 4.78 is 6.62. The molecule has 0 radical (unpaired) electrons. The van der Waals surface area contributed by atoms with Crippen molar-refractivity contribution in [3.05, 3.63) is 12.4 Å². The molecule has 1 aliphatic rings. The number of aliphatic imine (C=N–C) groups is 1. The number of piperazine rings is 1. The second kappa shape index (κ2) is 13.4. The van der Waals surface area contributed by atoms with Gasteiger partial charge in [0.05, 0.1) is 18.5 Å². The largest absolute Gasteiger partial charge is 0.466 e. The smallest absolute Gasteiger partial charge is 0.305 e. The van der Waals surface area contributed by atoms with Gasteiger partial charge in [-0.05, 0) is 19.8 Å². The number of hydrogen-bond acceptors (Lipinski definition) is 5. The van der Waals surface area contributed by atoms with Gasteiger partial charge in [-0.1, -0.05) is 12.8 Å². The third-order valence-corrected chi connectivity index (χ3v) is 4.63. The van der Waals surface area contributed by atoms with Crippen LogP contribution in [0.3, 0.4) is 0 Å². The van der Waals surface area contributed by atoms with Gasteiger partial charge in [0.25, 0.3) is 0 Å². The van der Waals surface area contributed by atoms with Gasteiger partial charge in [-0.2, -0.15) is 5.10 Å². The van der Waals surface area contributed by atoms with Gasteiger partial charge in [0, 0.05) is 46.3 Å². The minimum Gasteiger partial charge on any atom is -0.466 e. The van der Waals surface area contributed by atoms with Crippen LogP contribution in [0, 0.1) is 0 Å². The first-order chi connectivity index (χ1) is 13.5. The fourth-order valence-corrected chi connectivity index (χ4v) is 3.19. The van der Waals surface area contributed by atoms with Crippen LogP contribution in [0.15, 0.2) is 17.4 Å². The SMILES string of the molecule is CCOC(=O)CCCCCCNC(=NC)N1CCN(c2cnn(C)c2)C(=O)C1.I. The minimum absolute atomic E-state index is 0. The molecule has 0 saturated carbocycles. The molecule has 0 aliphatic carbocycles. The van der Waals surface area contributed by atoms with Crippen LogP contribution in [0.1, 0.15) is 39.0 Å². The number of hydrogen-bond donors (Lipinski definition) is 1. The number of guanidine groups is 1. The Morgan fingerprint density at radius 2 is 2.03 bits per heavy atom. The van der Waals surface area contributed by atoms with Crippen LogP contribution < -0.4 is 10.2 Å². The molecule has 1 fully saturated rings. The first-order valence-electron chi connectivity index (χ1n) is 9.95. The van der Waals surface area contributed by atoms with Gasteiger partial charge in [0.2, 0.25) is 5.91 Å². The van der Waals surface area contributed by atoms with E-state index in [1.54, 1.807) is 22.8 Å². The highest BCUT2D eigenvalue weighted by atomic mass is 127. The van der Waals surface area contributed by atoms with E-state index in [0.29, 0.717) is 26.1 Å². The Hall–Kier alpha value is -1.85. The van der Waals surface area contributed by atoms with Gasteiger partial charge in [-0.25, -0.2) is 0 Å². The van der Waals surface area contributed by atoms with Crippen LogP contribution in [0.5, 0.6) is 0 Å². The zero-order valence-electron chi connectivity index (χ0n) is 17.6. The number of aromatic nitrogens is 2. The van der Waals surface area contributed by atoms with Gasteiger partial charge < -0.3 is 19.9 Å². The second-order valence-electron chi connectivity index (χ2n) is 6.78. The second-order valence-corrected chi connectivity index (χ2v) is 6.78. The van der Waals surface area contributed by atoms with Crippen LogP contribution in [-0.2, 0) is 21.4 Å². The number of carbonyl (C=O) groups excluding carboxylic acids is 2. The van der Waals surface area contributed by atoms with Crippen molar-refractivity contribution in [2.75, 3.05) is 44.7 Å². The zero-order chi connectivity index (χ0) is 20.4. The molecule has 0 bridgehead atoms. The highest BCUT2D eigenvalue weighted by molar-refractivity contribution is 14.0. The van der Waals surface area contributed by atoms with E-state index in [0.717, 1.165) is 50.4 Å². The summed E-state index contributed by atoms with van der Waals surface area (Å²) >= 11 is 0. The molecule has 1 amide bonds. The summed E-state index contributed by atoms with van der Waals surface area (Å²) in [7, 11) is 3.58. The molecule has 0 atom stereocenters. The van der Waals surface area contributed by atoms with Crippen molar-refractivity contribution < 1.29 is 14.3 Å². The van der Waals surface area contributed by atoms with Crippen molar-refractivity contribution in [2.24, 2.45) is 12.0 Å². The molecule has 0 aromatic carbocycles. The molecule has 2 heterocycles. The number of esters is 1. The minimum atomic E-state index is -0.115. The van der Waals surface area contributed by atoms with Crippen molar-refractivity contribution in [1.82, 2.24) is 20.0 Å². The molecule has 9 nitrogen and oxygen atoms in total. The summed E-state index contributed by atoms with van der Waals surface area (Å²) in [6, 6.07) is 0. The average molecular weight is 520 g/mol. The monoisotopic (exact) mass is 520 g/mol. The molecule has 0 spiro atoms. The Morgan fingerprint density at radius 1 is 1.28 bits per heavy atom. The fraction of sp³-hybridized carbons (Fsp3) is 0.684. The molecule has 10 heteroatoms. The van der Waals surface area contributed by atoms with Crippen molar-refractivity contribution in [3.8, 4) is 0 Å². The summed E-state index contributed by atoms with van der Waals surface area (Å²) in [6.07, 6.45) is 7.94. The topological polar surface area (TPSA) is 92.1 Å². The Bertz CT molecular complexity index is 679. The Balaban J connectivity index is 0.00000420. The maximum Gasteiger partial charge on any atom is 0.305 e. The standard InChI is InChI=1S/C19H32N6O3.HI/c1-4-28-18(27)9-7-5-6-8-10-21-19(20-2)24-11-12-25(17(26)15-24)16-13-22-23(3)14-16;/h13-14H,4-12,15H2,1-3H3,(H,20,21);1H. The molecular formula is C19H33IN6O3. The van der Waals surface area contributed by atoms with Gasteiger partial charge in [0.1, 0.15) is 6.54 Å². The van der Waals surface area contributed by atoms with Crippen LogP contribution in [0.2, 0.25) is 0 Å². The van der Waals surface area contributed by atoms with Crippen molar-refractivity contribution >= 4 is 47.5 Å². The number of nitrogens with one attached hydrogen (secondary N) is 1. The first kappa shape index (κ1) is 25.2. The lowest BCUT2D eigenvalue weighted by Gasteiger charge is -2.35. The molecule has 2 rings (SSSR count). The van der Waals surface area contributed by atoms with E-state index in [1.165, 1.54) is 0 Å². The first-order valence-corrected chi connectivity index (χ1v) is 9.95. The number of unbranched alkanes of at least 4 members (excludes halogenated alkanes) is 3. The van der Waals surface area contributed by atoms with E-state index in [9.17, 15) is 9.59 Å². The van der Waals surface area contributed by atoms with Gasteiger partial charge in [-0.3, -0.25) is 19.3 Å². The molecule has 1 aromatic rings. The van der Waals surface area contributed by atoms with Gasteiger partial charge in [-0.15, -0.1) is 24.0 Å². The number of amides is 1. The van der Waals surface area contributed by atoms with Crippen LogP contribution in [0.4, 0.5) is 5.69 Å². The van der Waals surface area contributed by atoms with E-state index in [4.69, 9.17) is 4.74 Å². The summed E-state index contributed by atoms with van der Waals surface area (Å²) in [5.41, 5.74) is 0.831. The van der Waals surface area contributed by atoms with Crippen molar-refractivity contribution in [3.63, 3.8) is 0 Å². The summed E-state index contributed by atoms with van der Waals surface area (Å²) in [5, 5.41) is 7.47. The number of nitrogens with zero attached hydrogens (tertiary/aromatic N) is 5. The highest BCUT2D eigenvalue weighted by Crippen LogP contribution is 2.16. The van der Waals surface area contributed by atoms with Crippen molar-refractivity contribution in [1.29, 1.82) is 0 Å². The molecule has 0 unspecified atom stereocenters. The Kier molecular flexibility index (Phi) is 11.6. The van der Waals surface area contributed by atoms with Crippen LogP contribution in [0.25, 0.3) is 0 Å². The number of halogens is 1. The van der Waals surface area contributed by atoms with E-state index < -0.39 is 0 Å². The zero-order valence-corrected chi connectivity index (χ0v) is 19.9. The molecule has 1 saturated heterocycles. The normalized spacial score (nSPS) is 14.6. The lowest BCUT2D eigenvalue weighted by molar-refractivity contribution is -0.143. The number of rotatable bonds is 9. The van der Waals surface area contributed by atoms with E-state index in [1.807, 2.05) is 25.1 Å². The Morgan fingerprint density at radius 3 is 2.66 bits per heavy atom. The van der Waals surface area contributed by atoms with E-state index in [-0.39, 0.29) is 35.9 Å². The predicted octanol–water partition coefficient (Wildman–Crippen LogP) is 1.78. The third kappa shape index (κ3) is 8.19. The van der Waals surface area contributed by atoms with Crippen LogP contribution >= 0.6 is 24.0 Å². The molecular weight excluding hydrogens is 487 g/mol. The van der Waals surface area contributed by atoms with Crippen molar-refractivity contribution in [2.45, 2.75) is 39.0 Å². The number of ether oxygens (including phenoxy) is 1. The maximum atomic E-state index is 12.5. The lowest BCUT2D eigenvalue weighted by atomic mass is 10.1. The highest BCUT2D eigenvalue weighted by Gasteiger charge is 2.27. The predicted molar refractivity (Wildman–Crippen MR) is 124 cm³/mol. The number of aryl methyl sites for hydroxylation is 1. The number of anilines is 1. The average Bonchev–Trinajstić information content (AvgIpc) is 3.10. The number of carbonyl (C=O) groups is 2. The van der Waals surface area contributed by atoms with Gasteiger partial charge in [0.15, 0.2) is 5.96 Å². The van der Waals surface area contributed by atoms with E-state index in [2.05, 4.69) is 15.4 Å². The fourth-order valence-electron chi connectivity index (χ4n) is 3.19. The molecule has 1 aromatic heterocycles. The molecule has 29 heavy (non-hydrogen) atoms. The molecule has 1 N–H and O–H groups in total. The van der Waals surface area contributed by atoms with Crippen LogP contribution in [-0.4, -0.2) is 72.4 Å². The Labute approximate surface area is 189 Å². The molecule has 164 valence electrons. The quantitative estimate of drug-likeness (QED) is 0.176. The summed E-state index contributed by atoms with van der Waals surface area (Å²) in [5.74, 6) is 0.683. The molecule has 1 aliphatic heterocycles. The van der Waals surface area contributed by atoms with E-state index >= 15 is 0 Å². The lowest BCUT2D eigenvalue weighted by Crippen LogP contribution is -2.55. The van der Waals surface area contributed by atoms with Gasteiger partial charge >= 0.3 is 5.97 Å². The summed E-state index contributed by atoms with van der Waals surface area (Å²) in [4.78, 5) is 31.9. The summed E-state index contributed by atoms with van der Waals surface area (Å²) in [6.45, 7) is 4.69. The maximum absolute atomic E-state index is 12.5.